The summed E-state index contributed by atoms with van der Waals surface area (Å²) in [5.41, 5.74) is 3.18. The first-order chi connectivity index (χ1) is 12.2. The van der Waals surface area contributed by atoms with Gasteiger partial charge in [0.15, 0.2) is 0 Å². The summed E-state index contributed by atoms with van der Waals surface area (Å²) in [7, 11) is 0. The van der Waals surface area contributed by atoms with Crippen molar-refractivity contribution in [3.05, 3.63) is 90.0 Å². The van der Waals surface area contributed by atoms with Crippen LogP contribution in [0.1, 0.15) is 24.1 Å². The summed E-state index contributed by atoms with van der Waals surface area (Å²) in [5, 5.41) is 18.4. The van der Waals surface area contributed by atoms with Crippen molar-refractivity contribution < 1.29 is 5.11 Å². The number of benzene rings is 3. The second kappa shape index (κ2) is 8.02. The first kappa shape index (κ1) is 16.6. The van der Waals surface area contributed by atoms with Crippen LogP contribution in [0.2, 0.25) is 0 Å². The Balaban J connectivity index is 1.78. The SMILES string of the molecule is C[C@@H](N=Cc1cc(N=Nc2ccccc2)ccc1O)c1ccccc1. The minimum Gasteiger partial charge on any atom is -0.507 e. The van der Waals surface area contributed by atoms with Gasteiger partial charge in [-0.25, -0.2) is 0 Å². The average Bonchev–Trinajstić information content (AvgIpc) is 2.67. The molecule has 4 heteroatoms. The van der Waals surface area contributed by atoms with Gasteiger partial charge < -0.3 is 5.11 Å². The van der Waals surface area contributed by atoms with Crippen molar-refractivity contribution in [3.63, 3.8) is 0 Å². The third kappa shape index (κ3) is 4.61. The Bertz CT molecular complexity index is 874. The van der Waals surface area contributed by atoms with Crippen LogP contribution >= 0.6 is 0 Å². The average molecular weight is 329 g/mol. The van der Waals surface area contributed by atoms with Gasteiger partial charge in [0.1, 0.15) is 5.75 Å². The quantitative estimate of drug-likeness (QED) is 0.454. The Morgan fingerprint density at radius 3 is 2.16 bits per heavy atom. The minimum absolute atomic E-state index is 0.00945. The lowest BCUT2D eigenvalue weighted by atomic mass is 10.1. The van der Waals surface area contributed by atoms with E-state index in [1.54, 1.807) is 24.4 Å². The smallest absolute Gasteiger partial charge is 0.124 e. The van der Waals surface area contributed by atoms with Gasteiger partial charge in [-0.05, 0) is 42.8 Å². The molecule has 3 aromatic carbocycles. The highest BCUT2D eigenvalue weighted by Crippen LogP contribution is 2.25. The number of hydrogen-bond donors (Lipinski definition) is 1. The second-order valence-electron chi connectivity index (χ2n) is 5.64. The molecule has 0 unspecified atom stereocenters. The molecule has 3 rings (SSSR count). The molecule has 0 fully saturated rings. The molecular weight excluding hydrogens is 310 g/mol. The van der Waals surface area contributed by atoms with Crippen molar-refractivity contribution in [1.29, 1.82) is 0 Å². The van der Waals surface area contributed by atoms with E-state index >= 15 is 0 Å². The number of nitrogens with zero attached hydrogens (tertiary/aromatic N) is 3. The van der Waals surface area contributed by atoms with Crippen LogP contribution in [0.15, 0.2) is 94.1 Å². The summed E-state index contributed by atoms with van der Waals surface area (Å²) in [6.45, 7) is 2.02. The van der Waals surface area contributed by atoms with Gasteiger partial charge in [-0.3, -0.25) is 4.99 Å². The fraction of sp³-hybridized carbons (Fsp3) is 0.0952. The molecule has 0 amide bonds. The molecule has 3 aromatic rings. The van der Waals surface area contributed by atoms with E-state index in [0.29, 0.717) is 11.3 Å². The van der Waals surface area contributed by atoms with Crippen molar-refractivity contribution in [2.24, 2.45) is 15.2 Å². The number of phenols is 1. The number of phenolic OH excluding ortho intramolecular Hbond substituents is 1. The van der Waals surface area contributed by atoms with Crippen molar-refractivity contribution in [2.75, 3.05) is 0 Å². The van der Waals surface area contributed by atoms with E-state index in [0.717, 1.165) is 11.3 Å². The Hall–Kier alpha value is -3.27. The van der Waals surface area contributed by atoms with Crippen molar-refractivity contribution >= 4 is 17.6 Å². The normalized spacial score (nSPS) is 12.7. The van der Waals surface area contributed by atoms with E-state index in [9.17, 15) is 5.11 Å². The maximum Gasteiger partial charge on any atom is 0.124 e. The molecule has 0 aliphatic heterocycles. The van der Waals surface area contributed by atoms with Crippen LogP contribution < -0.4 is 0 Å². The molecule has 0 aliphatic carbocycles. The van der Waals surface area contributed by atoms with E-state index in [1.807, 2.05) is 67.6 Å². The van der Waals surface area contributed by atoms with Gasteiger partial charge in [0.2, 0.25) is 0 Å². The van der Waals surface area contributed by atoms with Crippen LogP contribution in [0.4, 0.5) is 11.4 Å². The second-order valence-corrected chi connectivity index (χ2v) is 5.64. The molecule has 25 heavy (non-hydrogen) atoms. The van der Waals surface area contributed by atoms with E-state index in [1.165, 1.54) is 0 Å². The maximum atomic E-state index is 10.0. The van der Waals surface area contributed by atoms with E-state index in [-0.39, 0.29) is 11.8 Å². The lowest BCUT2D eigenvalue weighted by Crippen LogP contribution is -1.91. The zero-order chi connectivity index (χ0) is 17.5. The zero-order valence-corrected chi connectivity index (χ0v) is 13.9. The van der Waals surface area contributed by atoms with Crippen LogP contribution in [0.25, 0.3) is 0 Å². The summed E-state index contributed by atoms with van der Waals surface area (Å²) in [6, 6.07) is 24.6. The number of aliphatic imine (C=N–C) groups is 1. The molecular formula is C21H19N3O. The van der Waals surface area contributed by atoms with Crippen LogP contribution in [0, 0.1) is 0 Å². The Labute approximate surface area is 147 Å². The zero-order valence-electron chi connectivity index (χ0n) is 13.9. The standard InChI is InChI=1S/C21H19N3O/c1-16(17-8-4-2-5-9-17)22-15-18-14-20(12-13-21(18)25)24-23-19-10-6-3-7-11-19/h2-16,25H,1H3/t16-/m1/s1. The first-order valence-electron chi connectivity index (χ1n) is 8.10. The fourth-order valence-electron chi connectivity index (χ4n) is 2.33. The monoisotopic (exact) mass is 329 g/mol. The number of aromatic hydroxyl groups is 1. The molecule has 4 nitrogen and oxygen atoms in total. The third-order valence-corrected chi connectivity index (χ3v) is 3.77. The van der Waals surface area contributed by atoms with Gasteiger partial charge in [0.25, 0.3) is 0 Å². The van der Waals surface area contributed by atoms with Crippen molar-refractivity contribution in [2.45, 2.75) is 13.0 Å². The predicted molar refractivity (Wildman–Crippen MR) is 101 cm³/mol. The molecule has 0 saturated carbocycles. The molecule has 0 saturated heterocycles. The van der Waals surface area contributed by atoms with Crippen LogP contribution in [0.5, 0.6) is 5.75 Å². The summed E-state index contributed by atoms with van der Waals surface area (Å²) in [4.78, 5) is 4.53. The Morgan fingerprint density at radius 2 is 1.44 bits per heavy atom. The molecule has 124 valence electrons. The fourth-order valence-corrected chi connectivity index (χ4v) is 2.33. The van der Waals surface area contributed by atoms with Crippen LogP contribution in [-0.4, -0.2) is 11.3 Å². The van der Waals surface area contributed by atoms with Gasteiger partial charge in [-0.1, -0.05) is 48.5 Å². The van der Waals surface area contributed by atoms with E-state index in [4.69, 9.17) is 0 Å². The lowest BCUT2D eigenvalue weighted by molar-refractivity contribution is 0.474. The molecule has 0 aromatic heterocycles. The van der Waals surface area contributed by atoms with Crippen molar-refractivity contribution in [3.8, 4) is 5.75 Å². The van der Waals surface area contributed by atoms with Crippen LogP contribution in [0.3, 0.4) is 0 Å². The molecule has 0 radical (unpaired) electrons. The lowest BCUT2D eigenvalue weighted by Gasteiger charge is -2.06. The Kier molecular flexibility index (Phi) is 5.32. The molecule has 0 bridgehead atoms. The molecule has 0 aliphatic rings. The highest BCUT2D eigenvalue weighted by Gasteiger charge is 2.04. The van der Waals surface area contributed by atoms with Gasteiger partial charge in [0.05, 0.1) is 17.4 Å². The summed E-state index contributed by atoms with van der Waals surface area (Å²) in [6.07, 6.45) is 1.68. The van der Waals surface area contributed by atoms with Gasteiger partial charge in [-0.2, -0.15) is 10.2 Å². The molecule has 0 heterocycles. The third-order valence-electron chi connectivity index (χ3n) is 3.77. The number of hydrogen-bond acceptors (Lipinski definition) is 4. The topological polar surface area (TPSA) is 57.3 Å². The van der Waals surface area contributed by atoms with Gasteiger partial charge >= 0.3 is 0 Å². The first-order valence-corrected chi connectivity index (χ1v) is 8.10. The summed E-state index contributed by atoms with van der Waals surface area (Å²) >= 11 is 0. The minimum atomic E-state index is 0.00945. The largest absolute Gasteiger partial charge is 0.507 e. The van der Waals surface area contributed by atoms with E-state index in [2.05, 4.69) is 15.2 Å². The van der Waals surface area contributed by atoms with Crippen LogP contribution in [-0.2, 0) is 0 Å². The number of rotatable bonds is 5. The highest BCUT2D eigenvalue weighted by atomic mass is 16.3. The molecule has 0 spiro atoms. The van der Waals surface area contributed by atoms with Crippen molar-refractivity contribution in [1.82, 2.24) is 0 Å². The van der Waals surface area contributed by atoms with Gasteiger partial charge in [-0.15, -0.1) is 0 Å². The molecule has 1 atom stereocenters. The summed E-state index contributed by atoms with van der Waals surface area (Å²) in [5.74, 6) is 0.169. The van der Waals surface area contributed by atoms with Gasteiger partial charge in [0, 0.05) is 11.8 Å². The molecule has 1 N–H and O–H groups in total. The highest BCUT2D eigenvalue weighted by molar-refractivity contribution is 5.85. The maximum absolute atomic E-state index is 10.0. The Morgan fingerprint density at radius 1 is 0.800 bits per heavy atom. The number of azo groups is 1. The predicted octanol–water partition coefficient (Wildman–Crippen LogP) is 5.99. The summed E-state index contributed by atoms with van der Waals surface area (Å²) < 4.78 is 0. The van der Waals surface area contributed by atoms with E-state index < -0.39 is 0 Å².